The first-order chi connectivity index (χ1) is 13.2. The molecule has 0 fully saturated rings. The zero-order valence-electron chi connectivity index (χ0n) is 14.3. The van der Waals surface area contributed by atoms with Gasteiger partial charge in [-0.2, -0.15) is 0 Å². The third-order valence-corrected chi connectivity index (χ3v) is 4.75. The van der Waals surface area contributed by atoms with E-state index in [0.717, 1.165) is 0 Å². The summed E-state index contributed by atoms with van der Waals surface area (Å²) in [7, 11) is 0. The second-order valence-corrected chi connectivity index (χ2v) is 6.45. The van der Waals surface area contributed by atoms with Crippen LogP contribution in [0.25, 0.3) is 28.1 Å². The molecule has 0 amide bonds. The van der Waals surface area contributed by atoms with Crippen molar-refractivity contribution in [3.05, 3.63) is 106 Å². The van der Waals surface area contributed by atoms with Gasteiger partial charge in [0.1, 0.15) is 0 Å². The highest BCUT2D eigenvalue weighted by Gasteiger charge is 2.19. The summed E-state index contributed by atoms with van der Waals surface area (Å²) in [5.74, 6) is -0.459. The Bertz CT molecular complexity index is 1140. The van der Waals surface area contributed by atoms with E-state index in [1.54, 1.807) is 24.3 Å². The highest BCUT2D eigenvalue weighted by Crippen LogP contribution is 2.38. The Kier molecular flexibility index (Phi) is 4.53. The normalized spacial score (nSPS) is 10.7. The Morgan fingerprint density at radius 1 is 0.704 bits per heavy atom. The van der Waals surface area contributed by atoms with Crippen LogP contribution in [0.15, 0.2) is 95.8 Å². The van der Waals surface area contributed by atoms with Crippen molar-refractivity contribution in [3.63, 3.8) is 0 Å². The van der Waals surface area contributed by atoms with E-state index in [9.17, 15) is 9.90 Å². The van der Waals surface area contributed by atoms with Crippen LogP contribution >= 0.6 is 11.6 Å². The van der Waals surface area contributed by atoms with Gasteiger partial charge in [0.2, 0.25) is 0 Å². The van der Waals surface area contributed by atoms with Gasteiger partial charge in [0.15, 0.2) is 0 Å². The maximum absolute atomic E-state index is 13.4. The van der Waals surface area contributed by atoms with Gasteiger partial charge in [-0.3, -0.25) is 9.36 Å². The largest absolute Gasteiger partial charge is 0.871 e. The quantitative estimate of drug-likeness (QED) is 0.513. The Morgan fingerprint density at radius 3 is 1.74 bits per heavy atom. The van der Waals surface area contributed by atoms with E-state index in [1.165, 1.54) is 4.57 Å². The van der Waals surface area contributed by atoms with Crippen LogP contribution in [-0.4, -0.2) is 4.57 Å². The summed E-state index contributed by atoms with van der Waals surface area (Å²) in [6.45, 7) is 0. The average Bonchev–Trinajstić information content (AvgIpc) is 2.73. The van der Waals surface area contributed by atoms with Crippen molar-refractivity contribution >= 4 is 11.6 Å². The van der Waals surface area contributed by atoms with Gasteiger partial charge in [0.25, 0.3) is 5.56 Å². The van der Waals surface area contributed by atoms with Crippen molar-refractivity contribution in [3.8, 4) is 33.8 Å². The smallest absolute Gasteiger partial charge is 0.262 e. The zero-order chi connectivity index (χ0) is 18.8. The lowest BCUT2D eigenvalue weighted by Crippen LogP contribution is -2.24. The molecule has 0 aliphatic heterocycles. The molecule has 0 aliphatic carbocycles. The van der Waals surface area contributed by atoms with Crippen molar-refractivity contribution in [1.82, 2.24) is 4.57 Å². The summed E-state index contributed by atoms with van der Waals surface area (Å²) in [4.78, 5) is 13.4. The van der Waals surface area contributed by atoms with Crippen LogP contribution in [0.2, 0.25) is 5.02 Å². The number of halogens is 1. The number of benzene rings is 3. The molecule has 0 spiro atoms. The van der Waals surface area contributed by atoms with Gasteiger partial charge in [0, 0.05) is 16.8 Å². The topological polar surface area (TPSA) is 45.1 Å². The van der Waals surface area contributed by atoms with Crippen LogP contribution in [0.1, 0.15) is 0 Å². The fraction of sp³-hybridized carbons (Fsp3) is 0. The summed E-state index contributed by atoms with van der Waals surface area (Å²) >= 11 is 6.54. The first-order valence-electron chi connectivity index (χ1n) is 8.50. The van der Waals surface area contributed by atoms with E-state index < -0.39 is 5.75 Å². The zero-order valence-corrected chi connectivity index (χ0v) is 15.1. The van der Waals surface area contributed by atoms with E-state index in [1.807, 2.05) is 66.7 Å². The molecule has 4 heteroatoms. The molecular formula is C23H15ClNO2-. The van der Waals surface area contributed by atoms with E-state index in [2.05, 4.69) is 0 Å². The summed E-state index contributed by atoms with van der Waals surface area (Å²) in [5.41, 5.74) is 2.00. The lowest BCUT2D eigenvalue weighted by Gasteiger charge is -2.23. The number of hydrogen-bond donors (Lipinski definition) is 0. The van der Waals surface area contributed by atoms with Crippen molar-refractivity contribution in [2.45, 2.75) is 0 Å². The average molecular weight is 373 g/mol. The van der Waals surface area contributed by atoms with Gasteiger partial charge in [-0.05, 0) is 17.7 Å². The summed E-state index contributed by atoms with van der Waals surface area (Å²) in [6.07, 6.45) is 0. The van der Waals surface area contributed by atoms with Gasteiger partial charge in [0.05, 0.1) is 10.7 Å². The molecule has 0 unspecified atom stereocenters. The van der Waals surface area contributed by atoms with Gasteiger partial charge in [-0.15, -0.1) is 0 Å². The molecule has 3 nitrogen and oxygen atoms in total. The second-order valence-electron chi connectivity index (χ2n) is 6.07. The lowest BCUT2D eigenvalue weighted by atomic mass is 10.0. The van der Waals surface area contributed by atoms with Crippen LogP contribution in [0.4, 0.5) is 0 Å². The van der Waals surface area contributed by atoms with E-state index in [4.69, 9.17) is 11.6 Å². The van der Waals surface area contributed by atoms with Gasteiger partial charge >= 0.3 is 0 Å². The molecule has 0 saturated heterocycles. The van der Waals surface area contributed by atoms with Crippen molar-refractivity contribution in [1.29, 1.82) is 0 Å². The molecule has 4 rings (SSSR count). The van der Waals surface area contributed by atoms with E-state index in [0.29, 0.717) is 22.5 Å². The Balaban J connectivity index is 2.14. The number of para-hydroxylation sites is 1. The number of nitrogens with zero attached hydrogens (tertiary/aromatic N) is 1. The fourth-order valence-electron chi connectivity index (χ4n) is 3.16. The molecule has 0 atom stereocenters. The first-order valence-corrected chi connectivity index (χ1v) is 8.88. The molecule has 0 bridgehead atoms. The molecule has 0 radical (unpaired) electrons. The predicted octanol–water partition coefficient (Wildman–Crippen LogP) is 4.90. The fourth-order valence-corrected chi connectivity index (χ4v) is 3.45. The SMILES string of the molecule is O=c1c(-c2ccccc2)c([O-])c(Cl)c(-c2ccccc2)n1-c1ccccc1. The maximum Gasteiger partial charge on any atom is 0.262 e. The molecule has 132 valence electrons. The highest BCUT2D eigenvalue weighted by atomic mass is 35.5. The minimum atomic E-state index is -0.459. The third kappa shape index (κ3) is 3.03. The van der Waals surface area contributed by atoms with Crippen LogP contribution in [0.3, 0.4) is 0 Å². The van der Waals surface area contributed by atoms with Crippen LogP contribution in [-0.2, 0) is 0 Å². The van der Waals surface area contributed by atoms with Crippen molar-refractivity contribution in [2.24, 2.45) is 0 Å². The van der Waals surface area contributed by atoms with Crippen LogP contribution in [0, 0.1) is 0 Å². The second kappa shape index (κ2) is 7.14. The van der Waals surface area contributed by atoms with Crippen molar-refractivity contribution < 1.29 is 5.11 Å². The standard InChI is InChI=1S/C23H16ClNO2/c24-20-21(17-12-6-2-7-13-17)25(18-14-8-3-9-15-18)23(27)19(22(20)26)16-10-4-1-5-11-16/h1-15,26H/p-1. The lowest BCUT2D eigenvalue weighted by molar-refractivity contribution is -0.267. The van der Waals surface area contributed by atoms with E-state index in [-0.39, 0.29) is 16.1 Å². The van der Waals surface area contributed by atoms with E-state index >= 15 is 0 Å². The molecule has 0 saturated carbocycles. The molecule has 1 heterocycles. The minimum Gasteiger partial charge on any atom is -0.871 e. The van der Waals surface area contributed by atoms with Crippen LogP contribution in [0.5, 0.6) is 5.75 Å². The number of hydrogen-bond acceptors (Lipinski definition) is 2. The Labute approximate surface area is 161 Å². The maximum atomic E-state index is 13.4. The molecule has 4 aromatic rings. The van der Waals surface area contributed by atoms with Crippen LogP contribution < -0.4 is 10.7 Å². The minimum absolute atomic E-state index is 0.0310. The molecule has 27 heavy (non-hydrogen) atoms. The summed E-state index contributed by atoms with van der Waals surface area (Å²) in [6, 6.07) is 27.4. The molecule has 3 aromatic carbocycles. The number of pyridine rings is 1. The molecule has 1 aromatic heterocycles. The highest BCUT2D eigenvalue weighted by molar-refractivity contribution is 6.35. The summed E-state index contributed by atoms with van der Waals surface area (Å²) < 4.78 is 1.52. The van der Waals surface area contributed by atoms with Gasteiger partial charge in [-0.1, -0.05) is 96.2 Å². The molecule has 0 N–H and O–H groups in total. The first kappa shape index (κ1) is 17.1. The van der Waals surface area contributed by atoms with Crippen molar-refractivity contribution in [2.75, 3.05) is 0 Å². The van der Waals surface area contributed by atoms with Gasteiger partial charge in [-0.25, -0.2) is 0 Å². The monoisotopic (exact) mass is 372 g/mol. The number of aromatic nitrogens is 1. The number of rotatable bonds is 3. The summed E-state index contributed by atoms with van der Waals surface area (Å²) in [5, 5.41) is 13.1. The Morgan fingerprint density at radius 2 is 1.19 bits per heavy atom. The molecular weight excluding hydrogens is 358 g/mol. The third-order valence-electron chi connectivity index (χ3n) is 4.40. The predicted molar refractivity (Wildman–Crippen MR) is 107 cm³/mol. The van der Waals surface area contributed by atoms with Gasteiger partial charge < -0.3 is 5.11 Å². The molecule has 0 aliphatic rings. The Hall–Kier alpha value is -3.30.